The molecular weight excluding hydrogens is 472 g/mol. The molecule has 9 heteroatoms. The van der Waals surface area contributed by atoms with E-state index in [0.29, 0.717) is 16.7 Å². The van der Waals surface area contributed by atoms with E-state index in [9.17, 15) is 14.7 Å². The summed E-state index contributed by atoms with van der Waals surface area (Å²) in [6, 6.07) is 20.3. The van der Waals surface area contributed by atoms with E-state index in [1.54, 1.807) is 73.7 Å². The summed E-state index contributed by atoms with van der Waals surface area (Å²) >= 11 is 6.30. The van der Waals surface area contributed by atoms with Crippen LogP contribution in [0.25, 0.3) is 0 Å². The average molecular weight is 497 g/mol. The molecule has 8 nitrogen and oxygen atoms in total. The molecule has 0 spiro atoms. The molecule has 3 aromatic rings. The first-order chi connectivity index (χ1) is 16.9. The lowest BCUT2D eigenvalue weighted by molar-refractivity contribution is -0.145. The minimum Gasteiger partial charge on any atom is -0.493 e. The Balaban J connectivity index is 1.80. The summed E-state index contributed by atoms with van der Waals surface area (Å²) in [7, 11) is 1.42. The van der Waals surface area contributed by atoms with Crippen molar-refractivity contribution in [3.8, 4) is 11.5 Å². The second-order valence-electron chi connectivity index (χ2n) is 7.27. The first kappa shape index (κ1) is 25.7. The number of esters is 1. The van der Waals surface area contributed by atoms with Crippen LogP contribution in [0.5, 0.6) is 11.5 Å². The number of halogens is 1. The number of rotatable bonds is 10. The van der Waals surface area contributed by atoms with Crippen LogP contribution in [-0.2, 0) is 19.9 Å². The highest BCUT2D eigenvalue weighted by molar-refractivity contribution is 6.32. The molecule has 0 aliphatic heterocycles. The second kappa shape index (κ2) is 12.0. The van der Waals surface area contributed by atoms with E-state index in [-0.39, 0.29) is 29.7 Å². The monoisotopic (exact) mass is 496 g/mol. The molecule has 0 aromatic heterocycles. The van der Waals surface area contributed by atoms with E-state index in [2.05, 4.69) is 10.5 Å². The quantitative estimate of drug-likeness (QED) is 0.252. The van der Waals surface area contributed by atoms with E-state index in [4.69, 9.17) is 25.8 Å². The minimum absolute atomic E-state index is 0.172. The van der Waals surface area contributed by atoms with Crippen LogP contribution >= 0.6 is 11.6 Å². The van der Waals surface area contributed by atoms with E-state index < -0.39 is 17.5 Å². The Bertz CT molecular complexity index is 1150. The number of carbonyl (C=O) groups is 2. The molecule has 0 heterocycles. The highest BCUT2D eigenvalue weighted by Crippen LogP contribution is 2.36. The summed E-state index contributed by atoms with van der Waals surface area (Å²) in [5.41, 5.74) is 1.72. The zero-order valence-electron chi connectivity index (χ0n) is 19.2. The van der Waals surface area contributed by atoms with Crippen LogP contribution in [0.3, 0.4) is 0 Å². The number of hydrogen-bond acceptors (Lipinski definition) is 7. The van der Waals surface area contributed by atoms with Gasteiger partial charge in [0.2, 0.25) is 0 Å². The summed E-state index contributed by atoms with van der Waals surface area (Å²) < 4.78 is 15.6. The number of hydrogen-bond donors (Lipinski definition) is 2. The molecule has 3 aromatic carbocycles. The third-order valence-corrected chi connectivity index (χ3v) is 5.26. The molecule has 35 heavy (non-hydrogen) atoms. The van der Waals surface area contributed by atoms with Crippen LogP contribution in [-0.4, -0.2) is 43.5 Å². The summed E-state index contributed by atoms with van der Waals surface area (Å²) in [6.07, 6.45) is 1.35. The summed E-state index contributed by atoms with van der Waals surface area (Å²) in [5.74, 6) is -0.840. The fourth-order valence-electron chi connectivity index (χ4n) is 3.32. The maximum atomic E-state index is 13.1. The third kappa shape index (κ3) is 6.17. The number of methoxy groups -OCH3 is 1. The van der Waals surface area contributed by atoms with Gasteiger partial charge in [0.1, 0.15) is 0 Å². The molecule has 0 bridgehead atoms. The zero-order valence-corrected chi connectivity index (χ0v) is 20.0. The highest BCUT2D eigenvalue weighted by atomic mass is 35.5. The van der Waals surface area contributed by atoms with E-state index in [1.807, 2.05) is 0 Å². The summed E-state index contributed by atoms with van der Waals surface area (Å²) in [4.78, 5) is 24.7. The lowest BCUT2D eigenvalue weighted by Crippen LogP contribution is -2.43. The van der Waals surface area contributed by atoms with Gasteiger partial charge in [0.25, 0.3) is 5.91 Å². The molecule has 0 unspecified atom stereocenters. The van der Waals surface area contributed by atoms with Crippen molar-refractivity contribution < 1.29 is 28.9 Å². The van der Waals surface area contributed by atoms with Gasteiger partial charge in [-0.15, -0.1) is 0 Å². The van der Waals surface area contributed by atoms with Crippen molar-refractivity contribution in [2.24, 2.45) is 5.10 Å². The third-order valence-electron chi connectivity index (χ3n) is 4.98. The summed E-state index contributed by atoms with van der Waals surface area (Å²) in [5, 5.41) is 15.6. The smallest absolute Gasteiger partial charge is 0.344 e. The van der Waals surface area contributed by atoms with Crippen LogP contribution in [0.1, 0.15) is 23.6 Å². The van der Waals surface area contributed by atoms with Crippen LogP contribution in [0, 0.1) is 0 Å². The molecule has 0 saturated heterocycles. The van der Waals surface area contributed by atoms with Gasteiger partial charge >= 0.3 is 5.97 Å². The van der Waals surface area contributed by atoms with Crippen molar-refractivity contribution in [1.29, 1.82) is 0 Å². The number of aliphatic hydroxyl groups is 1. The SMILES string of the molecule is CCOC(=O)COc1c(Cl)cc(/C=N\NC(=O)C(O)(c2ccccc2)c2ccccc2)cc1OC. The topological polar surface area (TPSA) is 106 Å². The molecular formula is C26H25ClN2O6. The number of nitrogens with zero attached hydrogens (tertiary/aromatic N) is 1. The number of benzene rings is 3. The van der Waals surface area contributed by atoms with Gasteiger partial charge in [-0.3, -0.25) is 4.79 Å². The van der Waals surface area contributed by atoms with Crippen LogP contribution < -0.4 is 14.9 Å². The van der Waals surface area contributed by atoms with Gasteiger partial charge < -0.3 is 19.3 Å². The van der Waals surface area contributed by atoms with Crippen molar-refractivity contribution in [3.63, 3.8) is 0 Å². The maximum Gasteiger partial charge on any atom is 0.344 e. The molecule has 0 atom stereocenters. The molecule has 0 radical (unpaired) electrons. The van der Waals surface area contributed by atoms with E-state index in [0.717, 1.165) is 0 Å². The lowest BCUT2D eigenvalue weighted by atomic mass is 9.85. The number of carbonyl (C=O) groups excluding carboxylic acids is 2. The van der Waals surface area contributed by atoms with Gasteiger partial charge in [-0.05, 0) is 35.7 Å². The normalized spacial score (nSPS) is 11.2. The molecule has 0 aliphatic carbocycles. The number of hydrazone groups is 1. The van der Waals surface area contributed by atoms with Gasteiger partial charge in [0.15, 0.2) is 23.7 Å². The predicted molar refractivity (Wildman–Crippen MR) is 132 cm³/mol. The number of amides is 1. The molecule has 1 amide bonds. The summed E-state index contributed by atoms with van der Waals surface area (Å²) in [6.45, 7) is 1.60. The highest BCUT2D eigenvalue weighted by Gasteiger charge is 2.39. The van der Waals surface area contributed by atoms with Gasteiger partial charge in [0.05, 0.1) is 25.0 Å². The van der Waals surface area contributed by atoms with Crippen molar-refractivity contribution in [2.45, 2.75) is 12.5 Å². The fourth-order valence-corrected chi connectivity index (χ4v) is 3.60. The lowest BCUT2D eigenvalue weighted by Gasteiger charge is -2.27. The average Bonchev–Trinajstić information content (AvgIpc) is 2.88. The standard InChI is InChI=1S/C26H25ClN2O6/c1-3-34-23(30)17-35-24-21(27)14-18(15-22(24)33-2)16-28-29-25(31)26(32,19-10-6-4-7-11-19)20-12-8-5-9-13-20/h4-16,32H,3,17H2,1-2H3,(H,29,31)/b28-16-. The van der Waals surface area contributed by atoms with Crippen molar-refractivity contribution in [2.75, 3.05) is 20.3 Å². The Hall–Kier alpha value is -3.88. The zero-order chi connectivity index (χ0) is 25.3. The Morgan fingerprint density at radius 3 is 2.20 bits per heavy atom. The molecule has 0 aliphatic rings. The van der Waals surface area contributed by atoms with Crippen molar-refractivity contribution >= 4 is 29.7 Å². The Morgan fingerprint density at radius 1 is 1.06 bits per heavy atom. The molecule has 182 valence electrons. The second-order valence-corrected chi connectivity index (χ2v) is 7.68. The van der Waals surface area contributed by atoms with E-state index >= 15 is 0 Å². The van der Waals surface area contributed by atoms with Crippen LogP contribution in [0.15, 0.2) is 77.9 Å². The van der Waals surface area contributed by atoms with Crippen molar-refractivity contribution in [1.82, 2.24) is 5.43 Å². The first-order valence-corrected chi connectivity index (χ1v) is 11.1. The molecule has 3 rings (SSSR count). The van der Waals surface area contributed by atoms with Gasteiger partial charge in [-0.2, -0.15) is 5.10 Å². The van der Waals surface area contributed by atoms with Gasteiger partial charge in [-0.1, -0.05) is 72.3 Å². The fraction of sp³-hybridized carbons (Fsp3) is 0.192. The number of ether oxygens (including phenoxy) is 3. The van der Waals surface area contributed by atoms with Crippen LogP contribution in [0.4, 0.5) is 0 Å². The van der Waals surface area contributed by atoms with Gasteiger partial charge in [0, 0.05) is 0 Å². The maximum absolute atomic E-state index is 13.1. The Kier molecular flexibility index (Phi) is 8.83. The first-order valence-electron chi connectivity index (χ1n) is 10.7. The van der Waals surface area contributed by atoms with Crippen molar-refractivity contribution in [3.05, 3.63) is 94.5 Å². The molecule has 2 N–H and O–H groups in total. The Morgan fingerprint density at radius 2 is 1.66 bits per heavy atom. The van der Waals surface area contributed by atoms with E-state index in [1.165, 1.54) is 19.4 Å². The number of nitrogens with one attached hydrogen (secondary N) is 1. The van der Waals surface area contributed by atoms with Crippen LogP contribution in [0.2, 0.25) is 5.02 Å². The molecule has 0 fully saturated rings. The van der Waals surface area contributed by atoms with Gasteiger partial charge in [-0.25, -0.2) is 10.2 Å². The molecule has 0 saturated carbocycles. The Labute approximate surface area is 208 Å². The minimum atomic E-state index is -1.96. The largest absolute Gasteiger partial charge is 0.493 e. The predicted octanol–water partition coefficient (Wildman–Crippen LogP) is 3.68.